The number of anilines is 1. The number of hydrogen-bond donors (Lipinski definition) is 2. The molecule has 8 heteroatoms. The summed E-state index contributed by atoms with van der Waals surface area (Å²) in [5.74, 6) is -0.146. The largest absolute Gasteiger partial charge is 0.350 e. The molecule has 0 fully saturated rings. The zero-order chi connectivity index (χ0) is 18.5. The number of amides is 2. The molecule has 0 aliphatic carbocycles. The molecule has 3 rings (SSSR count). The summed E-state index contributed by atoms with van der Waals surface area (Å²) in [6.45, 7) is 3.74. The number of carbonyl (C=O) groups excluding carboxylic acids is 2. The first kappa shape index (κ1) is 17.3. The van der Waals surface area contributed by atoms with Crippen molar-refractivity contribution in [3.63, 3.8) is 0 Å². The van der Waals surface area contributed by atoms with Crippen LogP contribution < -0.4 is 10.6 Å². The minimum Gasteiger partial charge on any atom is -0.350 e. The van der Waals surface area contributed by atoms with Gasteiger partial charge in [0, 0.05) is 18.4 Å². The Morgan fingerprint density at radius 1 is 1.04 bits per heavy atom. The number of imidazole rings is 1. The number of nitrogens with one attached hydrogen (secondary N) is 2. The molecule has 8 nitrogen and oxygen atoms in total. The van der Waals surface area contributed by atoms with E-state index in [9.17, 15) is 9.59 Å². The Kier molecular flexibility index (Phi) is 5.02. The van der Waals surface area contributed by atoms with E-state index in [1.54, 1.807) is 59.7 Å². The van der Waals surface area contributed by atoms with Gasteiger partial charge in [0.05, 0.1) is 11.3 Å². The van der Waals surface area contributed by atoms with Crippen LogP contribution >= 0.6 is 0 Å². The number of aromatic nitrogens is 4. The lowest BCUT2D eigenvalue weighted by Crippen LogP contribution is -2.31. The van der Waals surface area contributed by atoms with Gasteiger partial charge in [-0.15, -0.1) is 10.2 Å². The third-order valence-electron chi connectivity index (χ3n) is 3.49. The molecule has 2 heterocycles. The van der Waals surface area contributed by atoms with Crippen molar-refractivity contribution >= 4 is 17.5 Å². The SMILES string of the molecule is CC(C)NC(=O)c1ccccc1NC(=O)c1ccc(-n2ccnc2)nn1. The van der Waals surface area contributed by atoms with E-state index < -0.39 is 5.91 Å². The number of rotatable bonds is 5. The zero-order valence-corrected chi connectivity index (χ0v) is 14.4. The number of carbonyl (C=O) groups is 2. The maximum absolute atomic E-state index is 12.4. The van der Waals surface area contributed by atoms with Crippen LogP contribution in [0.5, 0.6) is 0 Å². The highest BCUT2D eigenvalue weighted by atomic mass is 16.2. The van der Waals surface area contributed by atoms with Crippen molar-refractivity contribution < 1.29 is 9.59 Å². The first-order valence-electron chi connectivity index (χ1n) is 8.08. The van der Waals surface area contributed by atoms with Gasteiger partial charge in [-0.25, -0.2) is 4.98 Å². The molecule has 2 aromatic heterocycles. The molecule has 0 saturated carbocycles. The van der Waals surface area contributed by atoms with E-state index in [4.69, 9.17) is 0 Å². The van der Waals surface area contributed by atoms with Crippen LogP contribution in [0.4, 0.5) is 5.69 Å². The second-order valence-corrected chi connectivity index (χ2v) is 5.87. The van der Waals surface area contributed by atoms with Gasteiger partial charge in [0.25, 0.3) is 11.8 Å². The van der Waals surface area contributed by atoms with Gasteiger partial charge in [0.1, 0.15) is 6.33 Å². The summed E-state index contributed by atoms with van der Waals surface area (Å²) < 4.78 is 1.68. The Balaban J connectivity index is 1.77. The third-order valence-corrected chi connectivity index (χ3v) is 3.49. The van der Waals surface area contributed by atoms with Crippen LogP contribution in [0.15, 0.2) is 55.1 Å². The summed E-state index contributed by atoms with van der Waals surface area (Å²) in [6, 6.07) is 10.0. The van der Waals surface area contributed by atoms with Gasteiger partial charge in [0.15, 0.2) is 11.5 Å². The molecule has 132 valence electrons. The van der Waals surface area contributed by atoms with Crippen molar-refractivity contribution in [2.75, 3.05) is 5.32 Å². The summed E-state index contributed by atoms with van der Waals surface area (Å²) in [4.78, 5) is 28.7. The van der Waals surface area contributed by atoms with Crippen LogP contribution in [0.2, 0.25) is 0 Å². The van der Waals surface area contributed by atoms with Gasteiger partial charge in [-0.2, -0.15) is 0 Å². The minimum absolute atomic E-state index is 0.00662. The van der Waals surface area contributed by atoms with E-state index in [0.717, 1.165) is 0 Å². The fourth-order valence-electron chi connectivity index (χ4n) is 2.30. The number of para-hydroxylation sites is 1. The van der Waals surface area contributed by atoms with Crippen molar-refractivity contribution in [2.24, 2.45) is 0 Å². The summed E-state index contributed by atoms with van der Waals surface area (Å²) in [5.41, 5.74) is 0.946. The van der Waals surface area contributed by atoms with Crippen LogP contribution in [0.3, 0.4) is 0 Å². The highest BCUT2D eigenvalue weighted by molar-refractivity contribution is 6.08. The average molecular weight is 350 g/mol. The number of benzene rings is 1. The molecule has 0 aliphatic rings. The molecule has 26 heavy (non-hydrogen) atoms. The average Bonchev–Trinajstić information content (AvgIpc) is 3.16. The number of nitrogens with zero attached hydrogens (tertiary/aromatic N) is 4. The van der Waals surface area contributed by atoms with E-state index in [2.05, 4.69) is 25.8 Å². The molecular weight excluding hydrogens is 332 g/mol. The fourth-order valence-corrected chi connectivity index (χ4v) is 2.30. The van der Waals surface area contributed by atoms with Gasteiger partial charge in [-0.3, -0.25) is 14.2 Å². The standard InChI is InChI=1S/C18H18N6O2/c1-12(2)20-17(25)13-5-3-4-6-14(13)21-18(26)15-7-8-16(23-22-15)24-10-9-19-11-24/h3-12H,1-2H3,(H,20,25)(H,21,26). The van der Waals surface area contributed by atoms with Crippen LogP contribution in [0.1, 0.15) is 34.7 Å². The summed E-state index contributed by atoms with van der Waals surface area (Å²) in [7, 11) is 0. The zero-order valence-electron chi connectivity index (χ0n) is 14.4. The molecule has 0 atom stereocenters. The Labute approximate surface area is 150 Å². The molecule has 3 aromatic rings. The molecule has 0 bridgehead atoms. The molecule has 2 amide bonds. The van der Waals surface area contributed by atoms with E-state index >= 15 is 0 Å². The van der Waals surface area contributed by atoms with Gasteiger partial charge < -0.3 is 10.6 Å². The van der Waals surface area contributed by atoms with Crippen molar-refractivity contribution in [1.82, 2.24) is 25.1 Å². The quantitative estimate of drug-likeness (QED) is 0.733. The maximum Gasteiger partial charge on any atom is 0.276 e. The molecule has 2 N–H and O–H groups in total. The molecule has 0 spiro atoms. The van der Waals surface area contributed by atoms with E-state index in [1.165, 1.54) is 0 Å². The first-order valence-corrected chi connectivity index (χ1v) is 8.08. The van der Waals surface area contributed by atoms with Crippen molar-refractivity contribution in [1.29, 1.82) is 0 Å². The van der Waals surface area contributed by atoms with Gasteiger partial charge in [0.2, 0.25) is 0 Å². The van der Waals surface area contributed by atoms with Gasteiger partial charge in [-0.05, 0) is 38.1 Å². The van der Waals surface area contributed by atoms with Crippen LogP contribution in [-0.2, 0) is 0 Å². The molecule has 0 radical (unpaired) electrons. The van der Waals surface area contributed by atoms with Gasteiger partial charge in [-0.1, -0.05) is 12.1 Å². The normalized spacial score (nSPS) is 10.6. The predicted molar refractivity (Wildman–Crippen MR) is 96.2 cm³/mol. The van der Waals surface area contributed by atoms with E-state index in [-0.39, 0.29) is 17.6 Å². The Morgan fingerprint density at radius 2 is 1.85 bits per heavy atom. The van der Waals surface area contributed by atoms with Crippen LogP contribution in [0, 0.1) is 0 Å². The molecule has 0 aliphatic heterocycles. The summed E-state index contributed by atoms with van der Waals surface area (Å²) in [5, 5.41) is 13.5. The van der Waals surface area contributed by atoms with Crippen molar-refractivity contribution in [2.45, 2.75) is 19.9 Å². The predicted octanol–water partition coefficient (Wildman–Crippen LogP) is 2.05. The minimum atomic E-state index is -0.445. The third kappa shape index (κ3) is 3.92. The van der Waals surface area contributed by atoms with Crippen molar-refractivity contribution in [3.8, 4) is 5.82 Å². The molecule has 0 saturated heterocycles. The topological polar surface area (TPSA) is 102 Å². The number of hydrogen-bond acceptors (Lipinski definition) is 5. The fraction of sp³-hybridized carbons (Fsp3) is 0.167. The molecule has 1 aromatic carbocycles. The smallest absolute Gasteiger partial charge is 0.276 e. The Bertz CT molecular complexity index is 904. The van der Waals surface area contributed by atoms with Crippen LogP contribution in [0.25, 0.3) is 5.82 Å². The summed E-state index contributed by atoms with van der Waals surface area (Å²) in [6.07, 6.45) is 4.95. The van der Waals surface area contributed by atoms with Crippen LogP contribution in [-0.4, -0.2) is 37.6 Å². The Hall–Kier alpha value is -3.55. The van der Waals surface area contributed by atoms with Crippen molar-refractivity contribution in [3.05, 3.63) is 66.4 Å². The Morgan fingerprint density at radius 3 is 2.50 bits per heavy atom. The van der Waals surface area contributed by atoms with E-state index in [1.807, 2.05) is 13.8 Å². The summed E-state index contributed by atoms with van der Waals surface area (Å²) >= 11 is 0. The lowest BCUT2D eigenvalue weighted by atomic mass is 10.1. The lowest BCUT2D eigenvalue weighted by Gasteiger charge is -2.13. The van der Waals surface area contributed by atoms with E-state index in [0.29, 0.717) is 17.1 Å². The monoisotopic (exact) mass is 350 g/mol. The first-order chi connectivity index (χ1) is 12.5. The maximum atomic E-state index is 12.4. The second-order valence-electron chi connectivity index (χ2n) is 5.87. The lowest BCUT2D eigenvalue weighted by molar-refractivity contribution is 0.0944. The second kappa shape index (κ2) is 7.56. The molecular formula is C18H18N6O2. The van der Waals surface area contributed by atoms with Gasteiger partial charge >= 0.3 is 0 Å². The highest BCUT2D eigenvalue weighted by Gasteiger charge is 2.15. The molecule has 0 unspecified atom stereocenters. The highest BCUT2D eigenvalue weighted by Crippen LogP contribution is 2.16.